The monoisotopic (exact) mass is 354 g/mol. The molecule has 0 bridgehead atoms. The van der Waals surface area contributed by atoms with Gasteiger partial charge in [0.15, 0.2) is 0 Å². The van der Waals surface area contributed by atoms with Crippen LogP contribution in [0.3, 0.4) is 0 Å². The van der Waals surface area contributed by atoms with Crippen molar-refractivity contribution < 1.29 is 9.59 Å². The molecule has 0 atom stereocenters. The average molecular weight is 355 g/mol. The van der Waals surface area contributed by atoms with Gasteiger partial charge in [0.1, 0.15) is 0 Å². The van der Waals surface area contributed by atoms with Gasteiger partial charge in [0.2, 0.25) is 5.91 Å². The molecule has 0 aliphatic carbocycles. The minimum absolute atomic E-state index is 0.156. The Morgan fingerprint density at radius 1 is 1.20 bits per heavy atom. The summed E-state index contributed by atoms with van der Waals surface area (Å²) in [4.78, 5) is 24.8. The van der Waals surface area contributed by atoms with Gasteiger partial charge in [-0.1, -0.05) is 36.7 Å². The average Bonchev–Trinajstić information content (AvgIpc) is 2.95. The molecule has 0 saturated heterocycles. The highest BCUT2D eigenvalue weighted by Gasteiger charge is 2.18. The van der Waals surface area contributed by atoms with Crippen LogP contribution < -0.4 is 5.32 Å². The third-order valence-electron chi connectivity index (χ3n) is 4.33. The molecule has 0 aliphatic heterocycles. The first-order chi connectivity index (χ1) is 11.9. The van der Waals surface area contributed by atoms with Gasteiger partial charge in [-0.2, -0.15) is 0 Å². The van der Waals surface area contributed by atoms with Gasteiger partial charge < -0.3 is 5.32 Å². The van der Waals surface area contributed by atoms with Gasteiger partial charge in [0.05, 0.1) is 11.1 Å². The zero-order valence-corrected chi connectivity index (χ0v) is 15.1. The van der Waals surface area contributed by atoms with Crippen LogP contribution in [0.25, 0.3) is 10.9 Å². The van der Waals surface area contributed by atoms with Gasteiger partial charge in [0, 0.05) is 29.2 Å². The number of benzene rings is 2. The molecular formula is C20H19ClN2O2. The molecule has 1 N–H and O–H groups in total. The Bertz CT molecular complexity index is 989. The number of aryl methyl sites for hydroxylation is 2. The summed E-state index contributed by atoms with van der Waals surface area (Å²) in [6.07, 6.45) is 2.39. The number of para-hydroxylation sites is 1. The number of nitrogens with zero attached hydrogens (tertiary/aromatic N) is 1. The van der Waals surface area contributed by atoms with Crippen molar-refractivity contribution in [2.45, 2.75) is 27.2 Å². The van der Waals surface area contributed by atoms with E-state index in [1.807, 2.05) is 32.0 Å². The molecule has 1 amide bonds. The predicted octanol–water partition coefficient (Wildman–Crippen LogP) is 5.08. The van der Waals surface area contributed by atoms with Gasteiger partial charge in [-0.15, -0.1) is 0 Å². The van der Waals surface area contributed by atoms with Crippen LogP contribution in [-0.4, -0.2) is 16.4 Å². The summed E-state index contributed by atoms with van der Waals surface area (Å²) < 4.78 is 1.47. The number of hydrogen-bond donors (Lipinski definition) is 1. The minimum atomic E-state index is -0.253. The molecule has 0 fully saturated rings. The fourth-order valence-electron chi connectivity index (χ4n) is 3.03. The molecular weight excluding hydrogens is 336 g/mol. The van der Waals surface area contributed by atoms with Gasteiger partial charge in [-0.25, -0.2) is 0 Å². The summed E-state index contributed by atoms with van der Waals surface area (Å²) >= 11 is 6.09. The zero-order chi connectivity index (χ0) is 18.1. The summed E-state index contributed by atoms with van der Waals surface area (Å²) in [5.74, 6) is -0.409. The normalized spacial score (nSPS) is 10.9. The Labute approximate surface area is 151 Å². The molecule has 0 aliphatic rings. The number of nitrogens with one attached hydrogen (secondary N) is 1. The number of hydrogen-bond acceptors (Lipinski definition) is 2. The summed E-state index contributed by atoms with van der Waals surface area (Å²) in [5, 5.41) is 4.18. The number of fused-ring (bicyclic) bond motifs is 1. The number of anilines is 1. The quantitative estimate of drug-likeness (QED) is 0.713. The van der Waals surface area contributed by atoms with Crippen LogP contribution in [0.1, 0.15) is 40.1 Å². The lowest BCUT2D eigenvalue weighted by molar-refractivity contribution is 0.0941. The smallest absolute Gasteiger partial charge is 0.257 e. The molecule has 3 rings (SSSR count). The van der Waals surface area contributed by atoms with Crippen molar-refractivity contribution >= 4 is 40.0 Å². The first-order valence-corrected chi connectivity index (χ1v) is 8.51. The van der Waals surface area contributed by atoms with Gasteiger partial charge in [-0.3, -0.25) is 14.2 Å². The second kappa shape index (κ2) is 6.73. The molecule has 1 aromatic heterocycles. The van der Waals surface area contributed by atoms with Crippen molar-refractivity contribution in [1.82, 2.24) is 4.57 Å². The lowest BCUT2D eigenvalue weighted by Crippen LogP contribution is -2.14. The highest BCUT2D eigenvalue weighted by molar-refractivity contribution is 6.31. The minimum Gasteiger partial charge on any atom is -0.321 e. The first kappa shape index (κ1) is 17.2. The summed E-state index contributed by atoms with van der Waals surface area (Å²) in [6.45, 7) is 5.47. The van der Waals surface area contributed by atoms with Crippen molar-refractivity contribution in [3.05, 3.63) is 64.3 Å². The number of rotatable bonds is 3. The Hall–Kier alpha value is -2.59. The number of carbonyl (C=O) groups excluding carboxylic acids is 2. The van der Waals surface area contributed by atoms with Gasteiger partial charge in [0.25, 0.3) is 5.91 Å². The van der Waals surface area contributed by atoms with Crippen LogP contribution in [-0.2, 0) is 6.42 Å². The molecule has 5 heteroatoms. The second-order valence-corrected chi connectivity index (χ2v) is 6.45. The molecule has 3 aromatic rings. The van der Waals surface area contributed by atoms with Crippen LogP contribution in [0, 0.1) is 6.92 Å². The van der Waals surface area contributed by atoms with E-state index in [-0.39, 0.29) is 11.8 Å². The second-order valence-electron chi connectivity index (χ2n) is 6.01. The number of carbonyl (C=O) groups is 2. The fraction of sp³-hybridized carbons (Fsp3) is 0.200. The number of amides is 1. The maximum absolute atomic E-state index is 12.9. The molecule has 25 heavy (non-hydrogen) atoms. The highest BCUT2D eigenvalue weighted by atomic mass is 35.5. The van der Waals surface area contributed by atoms with Crippen molar-refractivity contribution in [3.8, 4) is 0 Å². The van der Waals surface area contributed by atoms with E-state index in [4.69, 9.17) is 11.6 Å². The SMILES string of the molecule is CCc1cccc(C)c1NC(=O)c1cn(C(C)=O)c2ccc(Cl)cc12. The first-order valence-electron chi connectivity index (χ1n) is 8.13. The lowest BCUT2D eigenvalue weighted by Gasteiger charge is -2.12. The van der Waals surface area contributed by atoms with E-state index in [1.165, 1.54) is 11.5 Å². The van der Waals surface area contributed by atoms with E-state index < -0.39 is 0 Å². The van der Waals surface area contributed by atoms with Crippen LogP contribution in [0.5, 0.6) is 0 Å². The molecule has 0 radical (unpaired) electrons. The van der Waals surface area contributed by atoms with Crippen molar-refractivity contribution in [2.75, 3.05) is 5.32 Å². The molecule has 0 unspecified atom stereocenters. The Morgan fingerprint density at radius 2 is 1.96 bits per heavy atom. The summed E-state index contributed by atoms with van der Waals surface area (Å²) in [6, 6.07) is 11.1. The van der Waals surface area contributed by atoms with E-state index in [0.717, 1.165) is 23.2 Å². The van der Waals surface area contributed by atoms with E-state index in [9.17, 15) is 9.59 Å². The van der Waals surface area contributed by atoms with Crippen molar-refractivity contribution in [2.24, 2.45) is 0 Å². The molecule has 128 valence electrons. The standard InChI is InChI=1S/C20H19ClN2O2/c1-4-14-7-5-6-12(2)19(14)22-20(25)17-11-23(13(3)24)18-9-8-15(21)10-16(17)18/h5-11H,4H2,1-3H3,(H,22,25). The predicted molar refractivity (Wildman–Crippen MR) is 102 cm³/mol. The number of aromatic nitrogens is 1. The molecule has 0 saturated carbocycles. The Morgan fingerprint density at radius 3 is 2.64 bits per heavy atom. The summed E-state index contributed by atoms with van der Waals surface area (Å²) in [7, 11) is 0. The van der Waals surface area contributed by atoms with E-state index in [0.29, 0.717) is 21.5 Å². The maximum Gasteiger partial charge on any atom is 0.257 e. The van der Waals surface area contributed by atoms with Crippen molar-refractivity contribution in [1.29, 1.82) is 0 Å². The van der Waals surface area contributed by atoms with E-state index >= 15 is 0 Å². The van der Waals surface area contributed by atoms with Gasteiger partial charge >= 0.3 is 0 Å². The van der Waals surface area contributed by atoms with Crippen LogP contribution in [0.4, 0.5) is 5.69 Å². The van der Waals surface area contributed by atoms with Crippen LogP contribution in [0.2, 0.25) is 5.02 Å². The third-order valence-corrected chi connectivity index (χ3v) is 4.56. The largest absolute Gasteiger partial charge is 0.321 e. The van der Waals surface area contributed by atoms with Gasteiger partial charge in [-0.05, 0) is 42.7 Å². The summed E-state index contributed by atoms with van der Waals surface area (Å²) in [5.41, 5.74) is 3.99. The maximum atomic E-state index is 12.9. The molecule has 2 aromatic carbocycles. The Kier molecular flexibility index (Phi) is 4.64. The third kappa shape index (κ3) is 3.17. The topological polar surface area (TPSA) is 51.1 Å². The lowest BCUT2D eigenvalue weighted by atomic mass is 10.1. The zero-order valence-electron chi connectivity index (χ0n) is 14.4. The fourth-order valence-corrected chi connectivity index (χ4v) is 3.20. The Balaban J connectivity index is 2.09. The molecule has 4 nitrogen and oxygen atoms in total. The highest BCUT2D eigenvalue weighted by Crippen LogP contribution is 2.27. The van der Waals surface area contributed by atoms with E-state index in [2.05, 4.69) is 5.32 Å². The molecule has 1 heterocycles. The van der Waals surface area contributed by atoms with Crippen LogP contribution >= 0.6 is 11.6 Å². The van der Waals surface area contributed by atoms with E-state index in [1.54, 1.807) is 24.4 Å². The molecule has 0 spiro atoms. The van der Waals surface area contributed by atoms with Crippen LogP contribution in [0.15, 0.2) is 42.6 Å². The van der Waals surface area contributed by atoms with Crippen molar-refractivity contribution in [3.63, 3.8) is 0 Å². The number of halogens is 1.